The number of phosphoric ester groups is 1. The molecular weight excluding hydrogens is 503 g/mol. The number of aliphatic hydroxyl groups excluding tert-OH is 1. The van der Waals surface area contributed by atoms with Crippen molar-refractivity contribution in [1.82, 2.24) is 0 Å². The van der Waals surface area contributed by atoms with E-state index < -0.39 is 26.5 Å². The summed E-state index contributed by atoms with van der Waals surface area (Å²) in [4.78, 5) is 28.8. The zero-order valence-corrected chi connectivity index (χ0v) is 25.5. The van der Waals surface area contributed by atoms with Gasteiger partial charge in [0, 0.05) is 6.42 Å². The molecule has 0 bridgehead atoms. The third-order valence-corrected chi connectivity index (χ3v) is 7.59. The Labute approximate surface area is 234 Å². The largest absolute Gasteiger partial charge is 0.469 e. The molecule has 7 nitrogen and oxygen atoms in total. The fourth-order valence-corrected chi connectivity index (χ4v) is 5.09. The first kappa shape index (κ1) is 37.5. The molecule has 0 aliphatic carbocycles. The highest BCUT2D eigenvalue weighted by atomic mass is 31.2. The zero-order chi connectivity index (χ0) is 28.2. The van der Waals surface area contributed by atoms with Crippen LogP contribution in [0.2, 0.25) is 0 Å². The van der Waals surface area contributed by atoms with Crippen molar-refractivity contribution in [1.29, 1.82) is 0 Å². The van der Waals surface area contributed by atoms with E-state index in [1.165, 1.54) is 135 Å². The van der Waals surface area contributed by atoms with Gasteiger partial charge >= 0.3 is 13.8 Å². The predicted molar refractivity (Wildman–Crippen MR) is 156 cm³/mol. The lowest BCUT2D eigenvalue weighted by molar-refractivity contribution is -0.147. The maximum atomic E-state index is 11.6. The minimum Gasteiger partial charge on any atom is -0.463 e. The lowest BCUT2D eigenvalue weighted by Gasteiger charge is -2.12. The van der Waals surface area contributed by atoms with Crippen molar-refractivity contribution in [2.45, 2.75) is 174 Å². The third-order valence-electron chi connectivity index (χ3n) is 7.11. The number of hydrogen-bond donors (Lipinski definition) is 3. The van der Waals surface area contributed by atoms with Gasteiger partial charge in [0.2, 0.25) is 0 Å². The first-order valence-corrected chi connectivity index (χ1v) is 17.4. The summed E-state index contributed by atoms with van der Waals surface area (Å²) in [6.07, 6.45) is 31.1. The number of carbonyl (C=O) groups is 1. The van der Waals surface area contributed by atoms with Crippen molar-refractivity contribution < 1.29 is 33.5 Å². The Kier molecular flexibility index (Phi) is 27.7. The quantitative estimate of drug-likeness (QED) is 0.0454. The average molecular weight is 565 g/mol. The molecule has 0 spiro atoms. The van der Waals surface area contributed by atoms with Crippen LogP contribution in [0.15, 0.2) is 0 Å². The first-order chi connectivity index (χ1) is 18.3. The number of rotatable bonds is 30. The second-order valence-corrected chi connectivity index (χ2v) is 12.2. The summed E-state index contributed by atoms with van der Waals surface area (Å²) in [5, 5.41) is 9.48. The molecule has 0 aromatic rings. The predicted octanol–water partition coefficient (Wildman–Crippen LogP) is 8.77. The monoisotopic (exact) mass is 564 g/mol. The van der Waals surface area contributed by atoms with Crippen LogP contribution in [0.25, 0.3) is 0 Å². The smallest absolute Gasteiger partial charge is 0.463 e. The van der Waals surface area contributed by atoms with Crippen LogP contribution in [-0.4, -0.2) is 40.2 Å². The lowest BCUT2D eigenvalue weighted by atomic mass is 10.0. The summed E-state index contributed by atoms with van der Waals surface area (Å²) in [6, 6.07) is 0. The molecule has 0 rings (SSSR count). The molecule has 38 heavy (non-hydrogen) atoms. The van der Waals surface area contributed by atoms with Crippen molar-refractivity contribution in [3.8, 4) is 0 Å². The second kappa shape index (κ2) is 28.1. The topological polar surface area (TPSA) is 113 Å². The summed E-state index contributed by atoms with van der Waals surface area (Å²) in [5.41, 5.74) is 0. The number of phosphoric acid groups is 1. The molecule has 0 aromatic carbocycles. The van der Waals surface area contributed by atoms with Gasteiger partial charge in [0.1, 0.15) is 12.7 Å². The van der Waals surface area contributed by atoms with Crippen LogP contribution in [-0.2, 0) is 18.6 Å². The Hall–Kier alpha value is -0.460. The maximum Gasteiger partial charge on any atom is 0.469 e. The van der Waals surface area contributed by atoms with Crippen LogP contribution in [0.4, 0.5) is 0 Å². The fourth-order valence-electron chi connectivity index (χ4n) is 4.72. The van der Waals surface area contributed by atoms with E-state index in [-0.39, 0.29) is 6.61 Å². The molecule has 0 saturated heterocycles. The molecule has 0 aliphatic heterocycles. The Morgan fingerprint density at radius 2 is 0.895 bits per heavy atom. The molecule has 3 N–H and O–H groups in total. The van der Waals surface area contributed by atoms with Gasteiger partial charge < -0.3 is 19.6 Å². The molecule has 0 radical (unpaired) electrons. The average Bonchev–Trinajstić information content (AvgIpc) is 2.88. The number of ether oxygens (including phenoxy) is 1. The molecule has 0 amide bonds. The zero-order valence-electron chi connectivity index (χ0n) is 24.6. The highest BCUT2D eigenvalue weighted by molar-refractivity contribution is 7.46. The van der Waals surface area contributed by atoms with E-state index in [1.54, 1.807) is 0 Å². The van der Waals surface area contributed by atoms with Crippen LogP contribution in [0.5, 0.6) is 0 Å². The number of unbranched alkanes of at least 4 members (excludes halogenated alkanes) is 23. The molecule has 0 fully saturated rings. The standard InChI is InChI=1S/C30H61O7P/c1-2-3-4-5-6-7-8-9-10-11-12-13-14-15-16-17-18-19-20-21-22-23-24-25-26-30(32)36-27-29(31)28-37-38(33,34)35/h29,31H,2-28H2,1H3,(H2,33,34,35). The number of hydrogen-bond acceptors (Lipinski definition) is 5. The van der Waals surface area contributed by atoms with Crippen LogP contribution in [0.3, 0.4) is 0 Å². The van der Waals surface area contributed by atoms with E-state index in [1.807, 2.05) is 0 Å². The number of esters is 1. The van der Waals surface area contributed by atoms with E-state index in [0.717, 1.165) is 19.3 Å². The van der Waals surface area contributed by atoms with E-state index in [0.29, 0.717) is 6.42 Å². The van der Waals surface area contributed by atoms with Crippen molar-refractivity contribution in [2.24, 2.45) is 0 Å². The highest BCUT2D eigenvalue weighted by Crippen LogP contribution is 2.35. The molecule has 0 saturated carbocycles. The van der Waals surface area contributed by atoms with Gasteiger partial charge in [-0.15, -0.1) is 0 Å². The van der Waals surface area contributed by atoms with Crippen LogP contribution >= 0.6 is 7.82 Å². The van der Waals surface area contributed by atoms with Gasteiger partial charge in [-0.25, -0.2) is 4.57 Å². The third kappa shape index (κ3) is 31.8. The summed E-state index contributed by atoms with van der Waals surface area (Å²) in [7, 11) is -4.62. The summed E-state index contributed by atoms with van der Waals surface area (Å²) >= 11 is 0. The van der Waals surface area contributed by atoms with Gasteiger partial charge in [0.25, 0.3) is 0 Å². The molecule has 0 heterocycles. The molecular formula is C30H61O7P. The van der Waals surface area contributed by atoms with Crippen LogP contribution in [0, 0.1) is 0 Å². The van der Waals surface area contributed by atoms with Gasteiger partial charge in [-0.3, -0.25) is 9.32 Å². The number of carbonyl (C=O) groups excluding carboxylic acids is 1. The molecule has 1 atom stereocenters. The second-order valence-electron chi connectivity index (χ2n) is 11.0. The molecule has 0 aliphatic rings. The summed E-state index contributed by atoms with van der Waals surface area (Å²) in [5.74, 6) is -0.404. The summed E-state index contributed by atoms with van der Waals surface area (Å²) in [6.45, 7) is 1.39. The minimum absolute atomic E-state index is 0.297. The lowest BCUT2D eigenvalue weighted by Crippen LogP contribution is -2.23. The molecule has 8 heteroatoms. The molecule has 1 unspecified atom stereocenters. The Morgan fingerprint density at radius 3 is 1.21 bits per heavy atom. The fraction of sp³-hybridized carbons (Fsp3) is 0.967. The molecule has 228 valence electrons. The van der Waals surface area contributed by atoms with E-state index in [4.69, 9.17) is 14.5 Å². The van der Waals surface area contributed by atoms with Crippen molar-refractivity contribution >= 4 is 13.8 Å². The van der Waals surface area contributed by atoms with Gasteiger partial charge in [0.15, 0.2) is 0 Å². The highest BCUT2D eigenvalue weighted by Gasteiger charge is 2.17. The van der Waals surface area contributed by atoms with E-state index >= 15 is 0 Å². The van der Waals surface area contributed by atoms with Gasteiger partial charge in [-0.1, -0.05) is 155 Å². The maximum absolute atomic E-state index is 11.6. The minimum atomic E-state index is -4.62. The number of aliphatic hydroxyl groups is 1. The van der Waals surface area contributed by atoms with Gasteiger partial charge in [0.05, 0.1) is 6.61 Å². The Bertz CT molecular complexity index is 553. The van der Waals surface area contributed by atoms with Crippen molar-refractivity contribution in [3.05, 3.63) is 0 Å². The van der Waals surface area contributed by atoms with Gasteiger partial charge in [-0.05, 0) is 6.42 Å². The van der Waals surface area contributed by atoms with Crippen molar-refractivity contribution in [3.63, 3.8) is 0 Å². The van der Waals surface area contributed by atoms with E-state index in [2.05, 4.69) is 11.4 Å². The SMILES string of the molecule is CCCCCCCCCCCCCCCCCCCCCCCCCCC(=O)OCC(O)COP(=O)(O)O. The Balaban J connectivity index is 3.20. The normalized spacial score (nSPS) is 12.6. The summed E-state index contributed by atoms with van der Waals surface area (Å²) < 4.78 is 19.6. The van der Waals surface area contributed by atoms with Crippen molar-refractivity contribution in [2.75, 3.05) is 13.2 Å². The van der Waals surface area contributed by atoms with Gasteiger partial charge in [-0.2, -0.15) is 0 Å². The van der Waals surface area contributed by atoms with E-state index in [9.17, 15) is 14.5 Å². The first-order valence-electron chi connectivity index (χ1n) is 15.9. The Morgan fingerprint density at radius 1 is 0.579 bits per heavy atom. The van der Waals surface area contributed by atoms with Crippen LogP contribution < -0.4 is 0 Å². The van der Waals surface area contributed by atoms with Crippen LogP contribution in [0.1, 0.15) is 167 Å². The molecule has 0 aromatic heterocycles.